The van der Waals surface area contributed by atoms with Gasteiger partial charge in [0.25, 0.3) is 0 Å². The molecule has 3 heteroatoms. The number of hydrogen-bond acceptors (Lipinski definition) is 3. The number of aliphatic hydroxyl groups is 2. The van der Waals surface area contributed by atoms with Crippen LogP contribution in [0.5, 0.6) is 0 Å². The van der Waals surface area contributed by atoms with Gasteiger partial charge in [-0.2, -0.15) is 0 Å². The summed E-state index contributed by atoms with van der Waals surface area (Å²) >= 11 is 0. The first kappa shape index (κ1) is 12.3. The van der Waals surface area contributed by atoms with Gasteiger partial charge in [-0.3, -0.25) is 0 Å². The number of ether oxygens (including phenoxy) is 1. The number of allylic oxidation sites excluding steroid dienone is 1. The fourth-order valence-corrected chi connectivity index (χ4v) is 2.26. The van der Waals surface area contributed by atoms with Gasteiger partial charge >= 0.3 is 0 Å². The predicted octanol–water partition coefficient (Wildman–Crippen LogP) is 1.82. The van der Waals surface area contributed by atoms with Crippen LogP contribution in [0.4, 0.5) is 0 Å². The quantitative estimate of drug-likeness (QED) is 0.764. The highest BCUT2D eigenvalue weighted by Gasteiger charge is 2.39. The Kier molecular flexibility index (Phi) is 3.94. The van der Waals surface area contributed by atoms with Crippen molar-refractivity contribution in [1.82, 2.24) is 0 Å². The summed E-state index contributed by atoms with van der Waals surface area (Å²) in [6, 6.07) is 9.50. The normalized spacial score (nSPS) is 25.1. The average molecular weight is 234 g/mol. The highest BCUT2D eigenvalue weighted by atomic mass is 16.5. The topological polar surface area (TPSA) is 49.7 Å². The molecule has 0 saturated heterocycles. The van der Waals surface area contributed by atoms with E-state index in [2.05, 4.69) is 0 Å². The van der Waals surface area contributed by atoms with E-state index in [1.54, 1.807) is 0 Å². The molecule has 17 heavy (non-hydrogen) atoms. The SMILES string of the molecule is OCCO[C@]1([C@H](O)c2ccccc2)C=CCC1. The Hall–Kier alpha value is -1.16. The summed E-state index contributed by atoms with van der Waals surface area (Å²) in [7, 11) is 0. The second-order valence-corrected chi connectivity index (χ2v) is 4.28. The van der Waals surface area contributed by atoms with Crippen molar-refractivity contribution < 1.29 is 14.9 Å². The fraction of sp³-hybridized carbons (Fsp3) is 0.429. The van der Waals surface area contributed by atoms with Crippen LogP contribution in [0.2, 0.25) is 0 Å². The minimum atomic E-state index is -0.686. The predicted molar refractivity (Wildman–Crippen MR) is 65.5 cm³/mol. The maximum atomic E-state index is 10.4. The van der Waals surface area contributed by atoms with E-state index in [1.807, 2.05) is 42.5 Å². The molecule has 1 aliphatic carbocycles. The standard InChI is InChI=1S/C14H18O3/c15-10-11-17-14(8-4-5-9-14)13(16)12-6-2-1-3-7-12/h1-4,6-8,13,15-16H,5,9-11H2/t13-,14-/m1/s1. The van der Waals surface area contributed by atoms with Crippen LogP contribution in [-0.2, 0) is 4.74 Å². The van der Waals surface area contributed by atoms with E-state index in [1.165, 1.54) is 0 Å². The minimum Gasteiger partial charge on any atom is -0.394 e. The first-order chi connectivity index (χ1) is 8.28. The minimum absolute atomic E-state index is 0.0307. The van der Waals surface area contributed by atoms with Crippen molar-refractivity contribution in [2.45, 2.75) is 24.5 Å². The molecule has 1 aliphatic rings. The lowest BCUT2D eigenvalue weighted by atomic mass is 9.90. The molecule has 0 saturated carbocycles. The second kappa shape index (κ2) is 5.45. The molecule has 0 fully saturated rings. The molecule has 0 aliphatic heterocycles. The van der Waals surface area contributed by atoms with E-state index in [9.17, 15) is 5.11 Å². The van der Waals surface area contributed by atoms with Crippen molar-refractivity contribution in [1.29, 1.82) is 0 Å². The number of hydrogen-bond donors (Lipinski definition) is 2. The van der Waals surface area contributed by atoms with E-state index in [0.717, 1.165) is 18.4 Å². The van der Waals surface area contributed by atoms with Crippen LogP contribution in [-0.4, -0.2) is 29.0 Å². The van der Waals surface area contributed by atoms with Crippen LogP contribution in [0.1, 0.15) is 24.5 Å². The lowest BCUT2D eigenvalue weighted by molar-refractivity contribution is -0.101. The Morgan fingerprint density at radius 3 is 2.65 bits per heavy atom. The lowest BCUT2D eigenvalue weighted by Crippen LogP contribution is -2.36. The largest absolute Gasteiger partial charge is 0.394 e. The molecule has 0 aromatic heterocycles. The summed E-state index contributed by atoms with van der Waals surface area (Å²) in [6.45, 7) is 0.214. The van der Waals surface area contributed by atoms with Crippen LogP contribution in [0, 0.1) is 0 Å². The first-order valence-electron chi connectivity index (χ1n) is 5.94. The van der Waals surface area contributed by atoms with E-state index in [-0.39, 0.29) is 13.2 Å². The zero-order chi connectivity index (χ0) is 12.1. The van der Waals surface area contributed by atoms with E-state index < -0.39 is 11.7 Å². The highest BCUT2D eigenvalue weighted by molar-refractivity contribution is 5.25. The zero-order valence-electron chi connectivity index (χ0n) is 9.75. The molecule has 0 bridgehead atoms. The summed E-state index contributed by atoms with van der Waals surface area (Å²) in [4.78, 5) is 0. The summed E-state index contributed by atoms with van der Waals surface area (Å²) in [6.07, 6.45) is 4.90. The number of benzene rings is 1. The Morgan fingerprint density at radius 2 is 2.06 bits per heavy atom. The summed E-state index contributed by atoms with van der Waals surface area (Å²) in [5.41, 5.74) is 0.168. The molecule has 0 heterocycles. The van der Waals surface area contributed by atoms with Gasteiger partial charge in [-0.1, -0.05) is 42.5 Å². The van der Waals surface area contributed by atoms with Crippen LogP contribution in [0.25, 0.3) is 0 Å². The summed E-state index contributed by atoms with van der Waals surface area (Å²) in [5.74, 6) is 0. The van der Waals surface area contributed by atoms with Gasteiger partial charge in [0.2, 0.25) is 0 Å². The van der Waals surface area contributed by atoms with Gasteiger partial charge in [0.1, 0.15) is 11.7 Å². The third kappa shape index (κ3) is 2.57. The molecule has 2 atom stereocenters. The van der Waals surface area contributed by atoms with Crippen LogP contribution in [0.3, 0.4) is 0 Å². The third-order valence-electron chi connectivity index (χ3n) is 3.14. The molecule has 92 valence electrons. The number of rotatable bonds is 5. The second-order valence-electron chi connectivity index (χ2n) is 4.28. The molecular formula is C14H18O3. The first-order valence-corrected chi connectivity index (χ1v) is 5.94. The molecule has 0 spiro atoms. The van der Waals surface area contributed by atoms with Crippen molar-refractivity contribution in [3.8, 4) is 0 Å². The van der Waals surface area contributed by atoms with Gasteiger partial charge in [0, 0.05) is 0 Å². The Balaban J connectivity index is 2.19. The maximum Gasteiger partial charge on any atom is 0.117 e. The smallest absolute Gasteiger partial charge is 0.117 e. The van der Waals surface area contributed by atoms with Gasteiger partial charge in [-0.25, -0.2) is 0 Å². The van der Waals surface area contributed by atoms with Crippen molar-refractivity contribution in [2.24, 2.45) is 0 Å². The molecule has 0 amide bonds. The number of aliphatic hydroxyl groups excluding tert-OH is 2. The molecule has 2 rings (SSSR count). The molecule has 3 nitrogen and oxygen atoms in total. The Labute approximate surface area is 101 Å². The van der Waals surface area contributed by atoms with Crippen molar-refractivity contribution in [3.05, 3.63) is 48.0 Å². The van der Waals surface area contributed by atoms with Gasteiger partial charge < -0.3 is 14.9 Å². The van der Waals surface area contributed by atoms with E-state index >= 15 is 0 Å². The van der Waals surface area contributed by atoms with Gasteiger partial charge in [0.05, 0.1) is 13.2 Å². The third-order valence-corrected chi connectivity index (χ3v) is 3.14. The molecule has 0 radical (unpaired) electrons. The van der Waals surface area contributed by atoms with Crippen LogP contribution >= 0.6 is 0 Å². The van der Waals surface area contributed by atoms with E-state index in [4.69, 9.17) is 9.84 Å². The van der Waals surface area contributed by atoms with Crippen LogP contribution in [0.15, 0.2) is 42.5 Å². The summed E-state index contributed by atoms with van der Waals surface area (Å²) < 4.78 is 5.67. The van der Waals surface area contributed by atoms with Gasteiger partial charge in [-0.05, 0) is 18.4 Å². The van der Waals surface area contributed by atoms with Crippen LogP contribution < -0.4 is 0 Å². The van der Waals surface area contributed by atoms with Crippen molar-refractivity contribution in [3.63, 3.8) is 0 Å². The monoisotopic (exact) mass is 234 g/mol. The summed E-state index contributed by atoms with van der Waals surface area (Å²) in [5, 5.41) is 19.3. The molecule has 2 N–H and O–H groups in total. The lowest BCUT2D eigenvalue weighted by Gasteiger charge is -2.33. The molecule has 1 aromatic carbocycles. The van der Waals surface area contributed by atoms with E-state index in [0.29, 0.717) is 0 Å². The zero-order valence-corrected chi connectivity index (χ0v) is 9.75. The maximum absolute atomic E-state index is 10.4. The average Bonchev–Trinajstić information content (AvgIpc) is 2.86. The molecule has 1 aromatic rings. The van der Waals surface area contributed by atoms with Crippen molar-refractivity contribution in [2.75, 3.05) is 13.2 Å². The van der Waals surface area contributed by atoms with Crippen molar-refractivity contribution >= 4 is 0 Å². The highest BCUT2D eigenvalue weighted by Crippen LogP contribution is 2.38. The molecule has 0 unspecified atom stereocenters. The Bertz CT molecular complexity index is 374. The van der Waals surface area contributed by atoms with Gasteiger partial charge in [-0.15, -0.1) is 0 Å². The van der Waals surface area contributed by atoms with Gasteiger partial charge in [0.15, 0.2) is 0 Å². The fourth-order valence-electron chi connectivity index (χ4n) is 2.26. The Morgan fingerprint density at radius 1 is 1.29 bits per heavy atom. The molecular weight excluding hydrogens is 216 g/mol.